The van der Waals surface area contributed by atoms with E-state index in [4.69, 9.17) is 4.74 Å². The van der Waals surface area contributed by atoms with E-state index in [9.17, 15) is 9.59 Å². The Morgan fingerprint density at radius 2 is 1.77 bits per heavy atom. The smallest absolute Gasteiger partial charge is 0.196 e. The van der Waals surface area contributed by atoms with Gasteiger partial charge in [-0.15, -0.1) is 12.6 Å². The molecule has 0 saturated carbocycles. The maximum absolute atomic E-state index is 12.5. The Balaban J connectivity index is 2.36. The zero-order chi connectivity index (χ0) is 16.2. The molecule has 4 heteroatoms. The molecular weight excluding hydrogens is 296 g/mol. The second kappa shape index (κ2) is 6.79. The molecule has 0 aliphatic heterocycles. The van der Waals surface area contributed by atoms with Crippen LogP contribution in [0.2, 0.25) is 0 Å². The summed E-state index contributed by atoms with van der Waals surface area (Å²) in [4.78, 5) is 24.6. The first-order chi connectivity index (χ1) is 10.5. The number of hydrogen-bond acceptors (Lipinski definition) is 3. The summed E-state index contributed by atoms with van der Waals surface area (Å²) < 4.78 is 5.20. The first-order valence-electron chi connectivity index (χ1n) is 6.93. The van der Waals surface area contributed by atoms with Crippen LogP contribution in [0.15, 0.2) is 54.6 Å². The molecule has 0 aromatic heterocycles. The molecule has 2 aromatic rings. The molecule has 0 bridgehead atoms. The van der Waals surface area contributed by atoms with Crippen molar-refractivity contribution in [3.05, 3.63) is 65.7 Å². The van der Waals surface area contributed by atoms with E-state index in [-0.39, 0.29) is 17.3 Å². The van der Waals surface area contributed by atoms with Gasteiger partial charge in [-0.25, -0.2) is 0 Å². The van der Waals surface area contributed by atoms with Crippen LogP contribution in [0.4, 0.5) is 0 Å². The van der Waals surface area contributed by atoms with Gasteiger partial charge in [-0.2, -0.15) is 0 Å². The van der Waals surface area contributed by atoms with Crippen LogP contribution in [-0.2, 0) is 10.2 Å². The molecule has 1 atom stereocenters. The van der Waals surface area contributed by atoms with Crippen molar-refractivity contribution in [2.24, 2.45) is 0 Å². The Morgan fingerprint density at radius 1 is 1.09 bits per heavy atom. The molecule has 0 radical (unpaired) electrons. The number of ketones is 1. The Kier molecular flexibility index (Phi) is 5.03. The molecule has 0 aliphatic carbocycles. The van der Waals surface area contributed by atoms with Crippen LogP contribution in [0.3, 0.4) is 0 Å². The maximum atomic E-state index is 12.5. The topological polar surface area (TPSA) is 43.4 Å². The van der Waals surface area contributed by atoms with Gasteiger partial charge in [-0.05, 0) is 24.6 Å². The molecular formula is C18H18O3S. The standard InChI is InChI=1S/C18H18O3S/c1-18(17(20)22,14-9-6-10-15(11-14)21-2)12-16(19)13-7-4-3-5-8-13/h3-11H,12H2,1-2H3,(H,20,22). The average molecular weight is 314 g/mol. The van der Waals surface area contributed by atoms with Gasteiger partial charge in [0.2, 0.25) is 0 Å². The van der Waals surface area contributed by atoms with E-state index in [2.05, 4.69) is 12.6 Å². The lowest BCUT2D eigenvalue weighted by Gasteiger charge is -2.26. The molecule has 2 rings (SSSR count). The molecule has 1 unspecified atom stereocenters. The van der Waals surface area contributed by atoms with Crippen LogP contribution in [0.5, 0.6) is 5.75 Å². The van der Waals surface area contributed by atoms with E-state index in [1.807, 2.05) is 12.1 Å². The Morgan fingerprint density at radius 3 is 2.36 bits per heavy atom. The highest BCUT2D eigenvalue weighted by molar-refractivity contribution is 7.96. The average Bonchev–Trinajstić information content (AvgIpc) is 2.55. The molecule has 114 valence electrons. The SMILES string of the molecule is COc1cccc(C(C)(CC(=O)c2ccccc2)C(=O)S)c1. The minimum atomic E-state index is -0.995. The maximum Gasteiger partial charge on any atom is 0.196 e. The van der Waals surface area contributed by atoms with Gasteiger partial charge in [0.25, 0.3) is 0 Å². The van der Waals surface area contributed by atoms with Crippen molar-refractivity contribution in [1.82, 2.24) is 0 Å². The highest BCUT2D eigenvalue weighted by atomic mass is 32.1. The van der Waals surface area contributed by atoms with E-state index < -0.39 is 5.41 Å². The van der Waals surface area contributed by atoms with E-state index in [0.29, 0.717) is 11.3 Å². The fourth-order valence-electron chi connectivity index (χ4n) is 2.31. The van der Waals surface area contributed by atoms with Gasteiger partial charge in [0.15, 0.2) is 10.9 Å². The third-order valence-electron chi connectivity index (χ3n) is 3.79. The summed E-state index contributed by atoms with van der Waals surface area (Å²) in [7, 11) is 1.56. The summed E-state index contributed by atoms with van der Waals surface area (Å²) >= 11 is 4.01. The number of thiol groups is 1. The molecule has 3 nitrogen and oxygen atoms in total. The Hall–Kier alpha value is -2.07. The van der Waals surface area contributed by atoms with Gasteiger partial charge < -0.3 is 4.74 Å². The van der Waals surface area contributed by atoms with Gasteiger partial charge in [0, 0.05) is 12.0 Å². The van der Waals surface area contributed by atoms with Crippen molar-refractivity contribution < 1.29 is 14.3 Å². The van der Waals surface area contributed by atoms with Crippen LogP contribution in [0, 0.1) is 0 Å². The van der Waals surface area contributed by atoms with Gasteiger partial charge in [0.1, 0.15) is 5.75 Å². The number of Topliss-reactive ketones (excluding diaryl/α,β-unsaturated/α-hetero) is 1. The van der Waals surface area contributed by atoms with Crippen molar-refractivity contribution in [2.45, 2.75) is 18.8 Å². The van der Waals surface area contributed by atoms with Gasteiger partial charge in [-0.3, -0.25) is 9.59 Å². The molecule has 0 heterocycles. The van der Waals surface area contributed by atoms with Crippen molar-refractivity contribution in [3.63, 3.8) is 0 Å². The van der Waals surface area contributed by atoms with E-state index in [1.54, 1.807) is 56.5 Å². The summed E-state index contributed by atoms with van der Waals surface area (Å²) in [5.74, 6) is 0.554. The predicted molar refractivity (Wildman–Crippen MR) is 89.7 cm³/mol. The van der Waals surface area contributed by atoms with Crippen LogP contribution in [0.25, 0.3) is 0 Å². The number of benzene rings is 2. The van der Waals surface area contributed by atoms with Gasteiger partial charge in [-0.1, -0.05) is 42.5 Å². The van der Waals surface area contributed by atoms with Crippen LogP contribution >= 0.6 is 12.6 Å². The predicted octanol–water partition coefficient (Wildman–Crippen LogP) is 3.68. The molecule has 0 spiro atoms. The third-order valence-corrected chi connectivity index (χ3v) is 4.28. The second-order valence-electron chi connectivity index (χ2n) is 5.34. The van der Waals surface area contributed by atoms with E-state index in [0.717, 1.165) is 5.56 Å². The van der Waals surface area contributed by atoms with E-state index in [1.165, 1.54) is 0 Å². The summed E-state index contributed by atoms with van der Waals surface area (Å²) in [5.41, 5.74) is 0.312. The molecule has 22 heavy (non-hydrogen) atoms. The lowest BCUT2D eigenvalue weighted by atomic mass is 9.78. The highest BCUT2D eigenvalue weighted by Crippen LogP contribution is 2.33. The Labute approximate surface area is 135 Å². The lowest BCUT2D eigenvalue weighted by molar-refractivity contribution is -0.115. The molecule has 0 N–H and O–H groups in total. The number of methoxy groups -OCH3 is 1. The fourth-order valence-corrected chi connectivity index (χ4v) is 2.52. The minimum Gasteiger partial charge on any atom is -0.497 e. The van der Waals surface area contributed by atoms with Crippen LogP contribution in [0.1, 0.15) is 29.3 Å². The molecule has 0 aliphatic rings. The second-order valence-corrected chi connectivity index (χ2v) is 5.74. The number of ether oxygens (including phenoxy) is 1. The first kappa shape index (κ1) is 16.3. The monoisotopic (exact) mass is 314 g/mol. The Bertz CT molecular complexity index is 682. The van der Waals surface area contributed by atoms with Crippen LogP contribution < -0.4 is 4.74 Å². The van der Waals surface area contributed by atoms with Crippen molar-refractivity contribution in [2.75, 3.05) is 7.11 Å². The highest BCUT2D eigenvalue weighted by Gasteiger charge is 2.36. The first-order valence-corrected chi connectivity index (χ1v) is 7.38. The molecule has 0 saturated heterocycles. The number of carbonyl (C=O) groups excluding carboxylic acids is 2. The lowest BCUT2D eigenvalue weighted by Crippen LogP contribution is -2.32. The summed E-state index contributed by atoms with van der Waals surface area (Å²) in [6, 6.07) is 16.1. The van der Waals surface area contributed by atoms with Crippen molar-refractivity contribution >= 4 is 23.5 Å². The third kappa shape index (κ3) is 3.39. The van der Waals surface area contributed by atoms with Gasteiger partial charge >= 0.3 is 0 Å². The van der Waals surface area contributed by atoms with Crippen molar-refractivity contribution in [1.29, 1.82) is 0 Å². The molecule has 0 amide bonds. The van der Waals surface area contributed by atoms with E-state index >= 15 is 0 Å². The summed E-state index contributed by atoms with van der Waals surface area (Å²) in [6.07, 6.45) is 0.0620. The quantitative estimate of drug-likeness (QED) is 0.653. The van der Waals surface area contributed by atoms with Gasteiger partial charge in [0.05, 0.1) is 12.5 Å². The molecule has 0 fully saturated rings. The fraction of sp³-hybridized carbons (Fsp3) is 0.222. The summed E-state index contributed by atoms with van der Waals surface area (Å²) in [5, 5.41) is -0.343. The van der Waals surface area contributed by atoms with Crippen molar-refractivity contribution in [3.8, 4) is 5.75 Å². The normalized spacial score (nSPS) is 13.2. The molecule has 2 aromatic carbocycles. The minimum absolute atomic E-state index is 0.0620. The number of carbonyl (C=O) groups is 2. The number of rotatable bonds is 6. The largest absolute Gasteiger partial charge is 0.497 e. The summed E-state index contributed by atoms with van der Waals surface area (Å²) in [6.45, 7) is 1.73. The van der Waals surface area contributed by atoms with Crippen LogP contribution in [-0.4, -0.2) is 18.0 Å². The zero-order valence-corrected chi connectivity index (χ0v) is 13.5. The number of hydrogen-bond donors (Lipinski definition) is 1. The zero-order valence-electron chi connectivity index (χ0n) is 12.6.